The van der Waals surface area contributed by atoms with Gasteiger partial charge in [0.15, 0.2) is 12.6 Å². The number of nitrogens with one attached hydrogen (secondary N) is 3. The lowest BCUT2D eigenvalue weighted by molar-refractivity contribution is -0.885. The van der Waals surface area contributed by atoms with Crippen molar-refractivity contribution in [1.82, 2.24) is 0 Å². The third-order valence-electron chi connectivity index (χ3n) is 3.76. The molecule has 0 aromatic heterocycles. The molecule has 0 saturated carbocycles. The molecule has 0 bridgehead atoms. The summed E-state index contributed by atoms with van der Waals surface area (Å²) >= 11 is 3.39. The number of anilines is 2. The first-order valence-electron chi connectivity index (χ1n) is 7.70. The lowest BCUT2D eigenvalue weighted by atomic mass is 10.2. The molecule has 0 radical (unpaired) electrons. The third kappa shape index (κ3) is 5.18. The van der Waals surface area contributed by atoms with Gasteiger partial charge in [-0.25, -0.2) is 0 Å². The fourth-order valence-electron chi connectivity index (χ4n) is 2.16. The summed E-state index contributed by atoms with van der Waals surface area (Å²) < 4.78 is 0.825. The average Bonchev–Trinajstić information content (AvgIpc) is 2.57. The Morgan fingerprint density at radius 2 is 1.67 bits per heavy atom. The summed E-state index contributed by atoms with van der Waals surface area (Å²) in [5.74, 6) is -0.258. The number of hydrogen-bond donors (Lipinski definition) is 3. The summed E-state index contributed by atoms with van der Waals surface area (Å²) in [6.45, 7) is 2.00. The van der Waals surface area contributed by atoms with Crippen molar-refractivity contribution in [3.63, 3.8) is 0 Å². The SMILES string of the molecule is C[C@@H](C(=O)Nc1ccccc1)[NH+](C)CC(=O)Nc1ccccc1Br. The highest BCUT2D eigenvalue weighted by Crippen LogP contribution is 2.20. The Morgan fingerprint density at radius 1 is 1.04 bits per heavy atom. The second kappa shape index (κ2) is 8.61. The molecule has 2 rings (SSSR count). The molecule has 6 heteroatoms. The predicted molar refractivity (Wildman–Crippen MR) is 99.1 cm³/mol. The summed E-state index contributed by atoms with van der Waals surface area (Å²) in [7, 11) is 1.83. The summed E-state index contributed by atoms with van der Waals surface area (Å²) in [5, 5.41) is 5.70. The summed E-state index contributed by atoms with van der Waals surface area (Å²) in [6, 6.07) is 16.4. The largest absolute Gasteiger partial charge is 0.321 e. The van der Waals surface area contributed by atoms with Gasteiger partial charge in [-0.05, 0) is 47.1 Å². The number of rotatable bonds is 6. The van der Waals surface area contributed by atoms with Crippen LogP contribution in [0.25, 0.3) is 0 Å². The highest BCUT2D eigenvalue weighted by atomic mass is 79.9. The highest BCUT2D eigenvalue weighted by Gasteiger charge is 2.24. The molecule has 2 amide bonds. The first kappa shape index (κ1) is 18.2. The summed E-state index contributed by atoms with van der Waals surface area (Å²) in [4.78, 5) is 25.3. The molecule has 2 aromatic carbocycles. The van der Waals surface area contributed by atoms with Crippen LogP contribution in [0, 0.1) is 0 Å². The fraction of sp³-hybridized carbons (Fsp3) is 0.222. The van der Waals surface area contributed by atoms with Crippen molar-refractivity contribution in [2.24, 2.45) is 0 Å². The van der Waals surface area contributed by atoms with E-state index in [1.807, 2.05) is 61.6 Å². The zero-order chi connectivity index (χ0) is 17.5. The van der Waals surface area contributed by atoms with Crippen LogP contribution < -0.4 is 15.5 Å². The van der Waals surface area contributed by atoms with E-state index in [1.165, 1.54) is 0 Å². The quantitative estimate of drug-likeness (QED) is 0.705. The lowest BCUT2D eigenvalue weighted by Gasteiger charge is -2.20. The van der Waals surface area contributed by atoms with Crippen molar-refractivity contribution in [3.8, 4) is 0 Å². The number of hydrogen-bond acceptors (Lipinski definition) is 2. The fourth-order valence-corrected chi connectivity index (χ4v) is 2.54. The van der Waals surface area contributed by atoms with E-state index >= 15 is 0 Å². The molecular weight excluding hydrogens is 370 g/mol. The van der Waals surface area contributed by atoms with E-state index in [-0.39, 0.29) is 24.4 Å². The molecule has 126 valence electrons. The average molecular weight is 391 g/mol. The Morgan fingerprint density at radius 3 is 2.33 bits per heavy atom. The van der Waals surface area contributed by atoms with Crippen molar-refractivity contribution in [2.75, 3.05) is 24.2 Å². The number of halogens is 1. The van der Waals surface area contributed by atoms with Gasteiger partial charge < -0.3 is 15.5 Å². The Hall–Kier alpha value is -2.18. The Bertz CT molecular complexity index is 706. The predicted octanol–water partition coefficient (Wildman–Crippen LogP) is 1.93. The first-order chi connectivity index (χ1) is 11.5. The van der Waals surface area contributed by atoms with E-state index < -0.39 is 0 Å². The molecule has 0 saturated heterocycles. The number of quaternary nitrogens is 1. The number of para-hydroxylation sites is 2. The van der Waals surface area contributed by atoms with Gasteiger partial charge in [0.25, 0.3) is 11.8 Å². The monoisotopic (exact) mass is 390 g/mol. The normalized spacial score (nSPS) is 13.0. The maximum Gasteiger partial charge on any atom is 0.282 e. The van der Waals surface area contributed by atoms with Crippen LogP contribution in [-0.4, -0.2) is 31.4 Å². The molecular formula is C18H21BrN3O2+. The molecule has 2 atom stereocenters. The maximum atomic E-state index is 12.3. The van der Waals surface area contributed by atoms with E-state index in [1.54, 1.807) is 6.92 Å². The van der Waals surface area contributed by atoms with Crippen LogP contribution in [0.1, 0.15) is 6.92 Å². The van der Waals surface area contributed by atoms with Gasteiger partial charge in [-0.2, -0.15) is 0 Å². The van der Waals surface area contributed by atoms with E-state index in [4.69, 9.17) is 0 Å². The van der Waals surface area contributed by atoms with E-state index in [0.29, 0.717) is 0 Å². The minimum atomic E-state index is -0.352. The van der Waals surface area contributed by atoms with Gasteiger partial charge in [0, 0.05) is 10.2 Å². The van der Waals surface area contributed by atoms with E-state index in [9.17, 15) is 9.59 Å². The van der Waals surface area contributed by atoms with Gasteiger partial charge in [0.2, 0.25) is 0 Å². The Balaban J connectivity index is 1.88. The number of amides is 2. The van der Waals surface area contributed by atoms with Crippen molar-refractivity contribution >= 4 is 39.1 Å². The number of likely N-dealkylation sites (N-methyl/N-ethyl adjacent to an activating group) is 1. The van der Waals surface area contributed by atoms with Crippen LogP contribution in [0.2, 0.25) is 0 Å². The minimum absolute atomic E-state index is 0.118. The number of benzene rings is 2. The van der Waals surface area contributed by atoms with E-state index in [2.05, 4.69) is 26.6 Å². The smallest absolute Gasteiger partial charge is 0.282 e. The van der Waals surface area contributed by atoms with Crippen molar-refractivity contribution in [2.45, 2.75) is 13.0 Å². The molecule has 24 heavy (non-hydrogen) atoms. The third-order valence-corrected chi connectivity index (χ3v) is 4.45. The van der Waals surface area contributed by atoms with Crippen LogP contribution in [0.4, 0.5) is 11.4 Å². The second-order valence-corrected chi connectivity index (χ2v) is 6.48. The van der Waals surface area contributed by atoms with Crippen molar-refractivity contribution in [1.29, 1.82) is 0 Å². The zero-order valence-electron chi connectivity index (χ0n) is 13.7. The van der Waals surface area contributed by atoms with Crippen LogP contribution in [0.3, 0.4) is 0 Å². The standard InChI is InChI=1S/C18H20BrN3O2/c1-13(18(24)20-14-8-4-3-5-9-14)22(2)12-17(23)21-16-11-7-6-10-15(16)19/h3-11,13H,12H2,1-2H3,(H,20,24)(H,21,23)/p+1/t13-/m0/s1. The number of carbonyl (C=O) groups excluding carboxylic acids is 2. The van der Waals surface area contributed by atoms with Gasteiger partial charge in [0.05, 0.1) is 12.7 Å². The first-order valence-corrected chi connectivity index (χ1v) is 8.49. The minimum Gasteiger partial charge on any atom is -0.321 e. The molecule has 0 aliphatic heterocycles. The second-order valence-electron chi connectivity index (χ2n) is 5.63. The van der Waals surface area contributed by atoms with Crippen molar-refractivity contribution in [3.05, 3.63) is 59.1 Å². The molecule has 0 fully saturated rings. The van der Waals surface area contributed by atoms with Gasteiger partial charge in [-0.3, -0.25) is 9.59 Å². The molecule has 5 nitrogen and oxygen atoms in total. The van der Waals surface area contributed by atoms with Crippen LogP contribution in [0.15, 0.2) is 59.1 Å². The van der Waals surface area contributed by atoms with Gasteiger partial charge in [-0.15, -0.1) is 0 Å². The van der Waals surface area contributed by atoms with E-state index in [0.717, 1.165) is 20.7 Å². The Kier molecular flexibility index (Phi) is 6.52. The highest BCUT2D eigenvalue weighted by molar-refractivity contribution is 9.10. The van der Waals surface area contributed by atoms with Crippen LogP contribution >= 0.6 is 15.9 Å². The molecule has 1 unspecified atom stereocenters. The zero-order valence-corrected chi connectivity index (χ0v) is 15.3. The maximum absolute atomic E-state index is 12.3. The topological polar surface area (TPSA) is 62.6 Å². The summed E-state index contributed by atoms with van der Waals surface area (Å²) in [5.41, 5.74) is 1.47. The van der Waals surface area contributed by atoms with Crippen molar-refractivity contribution < 1.29 is 14.5 Å². The number of carbonyl (C=O) groups is 2. The van der Waals surface area contributed by atoms with Crippen LogP contribution in [0.5, 0.6) is 0 Å². The molecule has 0 spiro atoms. The van der Waals surface area contributed by atoms with Gasteiger partial charge in [-0.1, -0.05) is 30.3 Å². The molecule has 0 aliphatic rings. The molecule has 0 heterocycles. The van der Waals surface area contributed by atoms with Gasteiger partial charge in [0.1, 0.15) is 0 Å². The van der Waals surface area contributed by atoms with Gasteiger partial charge >= 0.3 is 0 Å². The molecule has 3 N–H and O–H groups in total. The summed E-state index contributed by atoms with van der Waals surface area (Å²) in [6.07, 6.45) is 0. The molecule has 2 aromatic rings. The Labute approximate surface area is 150 Å². The van der Waals surface area contributed by atoms with Crippen LogP contribution in [-0.2, 0) is 9.59 Å². The lowest BCUT2D eigenvalue weighted by Crippen LogP contribution is -3.14. The molecule has 0 aliphatic carbocycles.